The highest BCUT2D eigenvalue weighted by molar-refractivity contribution is 9.10. The van der Waals surface area contributed by atoms with Gasteiger partial charge >= 0.3 is 5.69 Å². The lowest BCUT2D eigenvalue weighted by atomic mass is 10.1. The third-order valence-corrected chi connectivity index (χ3v) is 5.84. The minimum absolute atomic E-state index is 0.0968. The predicted octanol–water partition coefficient (Wildman–Crippen LogP) is 1.59. The predicted molar refractivity (Wildman–Crippen MR) is 117 cm³/mol. The molecule has 10 heteroatoms. The van der Waals surface area contributed by atoms with Gasteiger partial charge in [0.1, 0.15) is 6.54 Å². The Morgan fingerprint density at radius 2 is 2.06 bits per heavy atom. The number of amides is 1. The van der Waals surface area contributed by atoms with E-state index < -0.39 is 5.69 Å². The van der Waals surface area contributed by atoms with E-state index in [0.29, 0.717) is 29.9 Å². The number of hydrogen-bond donors (Lipinski definition) is 1. The SMILES string of the molecule is O=C(Cn1cccnc1=O)N1CCc2c(nc3cc(-c4cccc(Br)c4)[nH]n3c2=O)C1. The highest BCUT2D eigenvalue weighted by Gasteiger charge is 2.25. The normalized spacial score (nSPS) is 13.4. The summed E-state index contributed by atoms with van der Waals surface area (Å²) in [5.74, 6) is -0.216. The minimum Gasteiger partial charge on any atom is -0.335 e. The number of rotatable bonds is 3. The molecule has 1 aliphatic rings. The van der Waals surface area contributed by atoms with Crippen LogP contribution in [0.25, 0.3) is 16.9 Å². The van der Waals surface area contributed by atoms with Gasteiger partial charge in [-0.05, 0) is 24.6 Å². The van der Waals surface area contributed by atoms with Gasteiger partial charge in [-0.1, -0.05) is 28.1 Å². The molecule has 0 fully saturated rings. The van der Waals surface area contributed by atoms with Crippen LogP contribution in [-0.2, 0) is 24.3 Å². The van der Waals surface area contributed by atoms with Crippen LogP contribution < -0.4 is 11.2 Å². The second-order valence-electron chi connectivity index (χ2n) is 7.31. The molecule has 0 saturated heterocycles. The first-order chi connectivity index (χ1) is 15.0. The summed E-state index contributed by atoms with van der Waals surface area (Å²) in [4.78, 5) is 47.5. The molecule has 31 heavy (non-hydrogen) atoms. The molecule has 3 aromatic heterocycles. The first-order valence-electron chi connectivity index (χ1n) is 9.68. The van der Waals surface area contributed by atoms with Gasteiger partial charge in [-0.25, -0.2) is 19.3 Å². The van der Waals surface area contributed by atoms with Crippen molar-refractivity contribution in [1.29, 1.82) is 0 Å². The molecule has 5 rings (SSSR count). The zero-order valence-electron chi connectivity index (χ0n) is 16.3. The Hall–Kier alpha value is -3.53. The highest BCUT2D eigenvalue weighted by Crippen LogP contribution is 2.23. The number of carbonyl (C=O) groups excluding carboxylic acids is 1. The molecule has 0 saturated carbocycles. The van der Waals surface area contributed by atoms with Gasteiger partial charge < -0.3 is 4.90 Å². The van der Waals surface area contributed by atoms with E-state index in [1.807, 2.05) is 30.3 Å². The van der Waals surface area contributed by atoms with Crippen LogP contribution in [0.5, 0.6) is 0 Å². The molecule has 0 spiro atoms. The monoisotopic (exact) mass is 480 g/mol. The fourth-order valence-electron chi connectivity index (χ4n) is 3.76. The van der Waals surface area contributed by atoms with E-state index in [9.17, 15) is 14.4 Å². The molecule has 9 nitrogen and oxygen atoms in total. The number of carbonyl (C=O) groups is 1. The summed E-state index contributed by atoms with van der Waals surface area (Å²) in [6.45, 7) is 0.524. The van der Waals surface area contributed by atoms with E-state index in [-0.39, 0.29) is 24.6 Å². The number of hydrogen-bond acceptors (Lipinski definition) is 5. The summed E-state index contributed by atoms with van der Waals surface area (Å²) in [7, 11) is 0. The van der Waals surface area contributed by atoms with Crippen LogP contribution in [0.1, 0.15) is 11.3 Å². The van der Waals surface area contributed by atoms with E-state index in [0.717, 1.165) is 15.7 Å². The number of halogens is 1. The van der Waals surface area contributed by atoms with Crippen LogP contribution >= 0.6 is 15.9 Å². The standard InChI is InChI=1S/C21H17BrN6O3/c22-14-4-1-3-13(9-14)16-10-18-24-17-11-26(8-5-15(17)20(30)28(18)25-16)19(29)12-27-7-2-6-23-21(27)31/h1-4,6-7,9-10,25H,5,8,11-12H2. The minimum atomic E-state index is -0.473. The maximum atomic E-state index is 13.0. The second kappa shape index (κ2) is 7.62. The Morgan fingerprint density at radius 1 is 1.19 bits per heavy atom. The van der Waals surface area contributed by atoms with Crippen LogP contribution in [0.3, 0.4) is 0 Å². The van der Waals surface area contributed by atoms with Crippen molar-refractivity contribution < 1.29 is 4.79 Å². The second-order valence-corrected chi connectivity index (χ2v) is 8.23. The van der Waals surface area contributed by atoms with Crippen molar-refractivity contribution in [1.82, 2.24) is 29.0 Å². The molecule has 4 aromatic rings. The van der Waals surface area contributed by atoms with E-state index in [4.69, 9.17) is 0 Å². The zero-order valence-corrected chi connectivity index (χ0v) is 17.9. The number of aromatic nitrogens is 5. The first-order valence-corrected chi connectivity index (χ1v) is 10.5. The van der Waals surface area contributed by atoms with Crippen LogP contribution in [0.4, 0.5) is 0 Å². The quantitative estimate of drug-likeness (QED) is 0.479. The molecular weight excluding hydrogens is 464 g/mol. The molecule has 0 atom stereocenters. The number of H-pyrrole nitrogens is 1. The number of benzene rings is 1. The molecule has 1 aromatic carbocycles. The Kier molecular flexibility index (Phi) is 4.78. The van der Waals surface area contributed by atoms with Gasteiger partial charge in [-0.3, -0.25) is 19.3 Å². The molecule has 0 bridgehead atoms. The van der Waals surface area contributed by atoms with Gasteiger partial charge in [0, 0.05) is 40.6 Å². The molecular formula is C21H17BrN6O3. The van der Waals surface area contributed by atoms with Crippen molar-refractivity contribution in [3.05, 3.63) is 85.4 Å². The largest absolute Gasteiger partial charge is 0.347 e. The lowest BCUT2D eigenvalue weighted by Crippen LogP contribution is -2.42. The van der Waals surface area contributed by atoms with Crippen molar-refractivity contribution >= 4 is 27.5 Å². The number of fused-ring (bicyclic) bond motifs is 2. The summed E-state index contributed by atoms with van der Waals surface area (Å²) in [6, 6.07) is 11.2. The van der Waals surface area contributed by atoms with Crippen molar-refractivity contribution in [2.45, 2.75) is 19.5 Å². The Bertz CT molecular complexity index is 1440. The summed E-state index contributed by atoms with van der Waals surface area (Å²) in [5.41, 5.74) is 2.76. The van der Waals surface area contributed by atoms with Crippen molar-refractivity contribution in [2.75, 3.05) is 6.54 Å². The fourth-order valence-corrected chi connectivity index (χ4v) is 4.16. The van der Waals surface area contributed by atoms with Gasteiger partial charge in [0.15, 0.2) is 5.65 Å². The zero-order chi connectivity index (χ0) is 21.5. The topological polar surface area (TPSA) is 105 Å². The van der Waals surface area contributed by atoms with E-state index in [1.165, 1.54) is 21.5 Å². The number of nitrogens with zero attached hydrogens (tertiary/aromatic N) is 5. The van der Waals surface area contributed by atoms with Gasteiger partial charge in [-0.15, -0.1) is 0 Å². The Balaban J connectivity index is 1.46. The lowest BCUT2D eigenvalue weighted by molar-refractivity contribution is -0.132. The van der Waals surface area contributed by atoms with Gasteiger partial charge in [0.2, 0.25) is 5.91 Å². The van der Waals surface area contributed by atoms with Crippen LogP contribution in [0, 0.1) is 0 Å². The van der Waals surface area contributed by atoms with Crippen LogP contribution in [0.2, 0.25) is 0 Å². The summed E-state index contributed by atoms with van der Waals surface area (Å²) in [6.07, 6.45) is 3.33. The molecule has 1 aliphatic heterocycles. The molecule has 0 aliphatic carbocycles. The fraction of sp³-hybridized carbons (Fsp3) is 0.190. The van der Waals surface area contributed by atoms with Crippen LogP contribution in [-0.4, -0.2) is 41.5 Å². The maximum Gasteiger partial charge on any atom is 0.347 e. The van der Waals surface area contributed by atoms with Crippen molar-refractivity contribution in [3.8, 4) is 11.3 Å². The summed E-state index contributed by atoms with van der Waals surface area (Å²) in [5, 5.41) is 3.13. The van der Waals surface area contributed by atoms with Gasteiger partial charge in [-0.2, -0.15) is 0 Å². The molecule has 1 N–H and O–H groups in total. The average Bonchev–Trinajstić information content (AvgIpc) is 3.19. The molecule has 0 radical (unpaired) electrons. The van der Waals surface area contributed by atoms with Gasteiger partial charge in [0.25, 0.3) is 5.56 Å². The van der Waals surface area contributed by atoms with Gasteiger partial charge in [0.05, 0.1) is 17.9 Å². The van der Waals surface area contributed by atoms with Crippen molar-refractivity contribution in [3.63, 3.8) is 0 Å². The molecule has 4 heterocycles. The number of aromatic amines is 1. The number of nitrogens with one attached hydrogen (secondary N) is 1. The van der Waals surface area contributed by atoms with Crippen molar-refractivity contribution in [2.24, 2.45) is 0 Å². The van der Waals surface area contributed by atoms with E-state index >= 15 is 0 Å². The van der Waals surface area contributed by atoms with E-state index in [2.05, 4.69) is 31.0 Å². The summed E-state index contributed by atoms with van der Waals surface area (Å²) >= 11 is 3.46. The Labute approximate surface area is 184 Å². The highest BCUT2D eigenvalue weighted by atomic mass is 79.9. The maximum absolute atomic E-state index is 13.0. The third kappa shape index (κ3) is 3.59. The lowest BCUT2D eigenvalue weighted by Gasteiger charge is -2.27. The van der Waals surface area contributed by atoms with E-state index in [1.54, 1.807) is 11.0 Å². The third-order valence-electron chi connectivity index (χ3n) is 5.34. The summed E-state index contributed by atoms with van der Waals surface area (Å²) < 4.78 is 3.65. The average molecular weight is 481 g/mol. The van der Waals surface area contributed by atoms with Crippen LogP contribution in [0.15, 0.2) is 62.9 Å². The molecule has 1 amide bonds. The Morgan fingerprint density at radius 3 is 2.87 bits per heavy atom. The smallest absolute Gasteiger partial charge is 0.335 e. The first kappa shape index (κ1) is 19.4. The molecule has 156 valence electrons. The molecule has 0 unspecified atom stereocenters.